The summed E-state index contributed by atoms with van der Waals surface area (Å²) in [5.74, 6) is 1.57. The molecule has 0 aliphatic heterocycles. The van der Waals surface area contributed by atoms with E-state index in [2.05, 4.69) is 32.0 Å². The van der Waals surface area contributed by atoms with Crippen molar-refractivity contribution in [3.8, 4) is 11.4 Å². The number of carbonyl (C=O) groups is 2. The van der Waals surface area contributed by atoms with Gasteiger partial charge in [0.1, 0.15) is 0 Å². The highest BCUT2D eigenvalue weighted by atomic mass is 32.2. The third-order valence-corrected chi connectivity index (χ3v) is 7.07. The summed E-state index contributed by atoms with van der Waals surface area (Å²) >= 11 is 1.43. The first kappa shape index (κ1) is 23.2. The number of hydrogen-bond donors (Lipinski definition) is 1. The van der Waals surface area contributed by atoms with Crippen LogP contribution in [0.4, 0.5) is 5.69 Å². The number of benzene rings is 1. The van der Waals surface area contributed by atoms with Crippen LogP contribution in [0.1, 0.15) is 62.4 Å². The van der Waals surface area contributed by atoms with E-state index < -0.39 is 0 Å². The molecule has 2 aromatic heterocycles. The molecule has 1 fully saturated rings. The van der Waals surface area contributed by atoms with E-state index in [1.54, 1.807) is 37.4 Å². The zero-order valence-electron chi connectivity index (χ0n) is 19.0. The van der Waals surface area contributed by atoms with Gasteiger partial charge in [-0.3, -0.25) is 19.1 Å². The van der Waals surface area contributed by atoms with Crippen LogP contribution in [0.3, 0.4) is 0 Å². The number of anilines is 1. The normalized spacial score (nSPS) is 18.1. The first-order valence-corrected chi connectivity index (χ1v) is 12.5. The molecule has 0 unspecified atom stereocenters. The summed E-state index contributed by atoms with van der Waals surface area (Å²) in [6.07, 6.45) is 8.67. The summed E-state index contributed by atoms with van der Waals surface area (Å²) in [6.45, 7) is 4.09. The van der Waals surface area contributed by atoms with E-state index in [1.165, 1.54) is 31.0 Å². The smallest absolute Gasteiger partial charge is 0.224 e. The highest BCUT2D eigenvalue weighted by Gasteiger charge is 2.29. The highest BCUT2D eigenvalue weighted by molar-refractivity contribution is 7.99. The van der Waals surface area contributed by atoms with Gasteiger partial charge in [-0.1, -0.05) is 38.5 Å². The van der Waals surface area contributed by atoms with Crippen molar-refractivity contribution in [3.63, 3.8) is 0 Å². The van der Waals surface area contributed by atoms with E-state index in [9.17, 15) is 9.59 Å². The van der Waals surface area contributed by atoms with E-state index >= 15 is 0 Å². The topological polar surface area (TPSA) is 89.8 Å². The van der Waals surface area contributed by atoms with Crippen molar-refractivity contribution in [1.29, 1.82) is 0 Å². The third-order valence-electron chi connectivity index (χ3n) is 6.13. The molecular weight excluding hydrogens is 434 g/mol. The minimum absolute atomic E-state index is 0.0162. The van der Waals surface area contributed by atoms with Crippen molar-refractivity contribution < 1.29 is 9.59 Å². The van der Waals surface area contributed by atoms with Crippen molar-refractivity contribution in [1.82, 2.24) is 19.7 Å². The second-order valence-corrected chi connectivity index (χ2v) is 9.38. The molecule has 1 amide bonds. The van der Waals surface area contributed by atoms with Crippen molar-refractivity contribution in [3.05, 3.63) is 54.4 Å². The molecule has 0 bridgehead atoms. The Kier molecular flexibility index (Phi) is 7.54. The lowest BCUT2D eigenvalue weighted by molar-refractivity contribution is -0.115. The maximum Gasteiger partial charge on any atom is 0.224 e. The van der Waals surface area contributed by atoms with Crippen molar-refractivity contribution in [2.24, 2.45) is 5.92 Å². The number of thioether (sulfide) groups is 1. The monoisotopic (exact) mass is 463 g/mol. The maximum atomic E-state index is 12.9. The van der Waals surface area contributed by atoms with Crippen molar-refractivity contribution in [2.75, 3.05) is 11.1 Å². The Labute approximate surface area is 198 Å². The van der Waals surface area contributed by atoms with Gasteiger partial charge in [0.15, 0.2) is 16.8 Å². The zero-order valence-corrected chi connectivity index (χ0v) is 19.8. The SMILES string of the molecule is CCC(=O)Nc1ccc(C(=O)CSc2nnc(-c3cccnc3)n2[C@H]2CCCC[C@@H]2C)cc1. The molecule has 1 aliphatic carbocycles. The third kappa shape index (κ3) is 5.50. The van der Waals surface area contributed by atoms with Gasteiger partial charge in [-0.25, -0.2) is 0 Å². The largest absolute Gasteiger partial charge is 0.326 e. The van der Waals surface area contributed by atoms with Gasteiger partial charge in [0.2, 0.25) is 5.91 Å². The minimum atomic E-state index is -0.0506. The number of aromatic nitrogens is 4. The average Bonchev–Trinajstić information content (AvgIpc) is 3.27. The standard InChI is InChI=1S/C25H29N5O2S/c1-3-23(32)27-20-12-10-18(11-13-20)22(31)16-33-25-29-28-24(19-8-6-14-26-15-19)30(25)21-9-5-4-7-17(21)2/h6,8,10-15,17,21H,3-5,7,9,16H2,1-2H3,(H,27,32)/t17-,21-/m0/s1. The van der Waals surface area contributed by atoms with Gasteiger partial charge in [0.05, 0.1) is 5.75 Å². The van der Waals surface area contributed by atoms with Crippen LogP contribution in [0, 0.1) is 5.92 Å². The summed E-state index contributed by atoms with van der Waals surface area (Å²) in [7, 11) is 0. The lowest BCUT2D eigenvalue weighted by Gasteiger charge is -2.31. The molecule has 2 heterocycles. The number of hydrogen-bond acceptors (Lipinski definition) is 6. The van der Waals surface area contributed by atoms with Crippen LogP contribution in [0.25, 0.3) is 11.4 Å². The Bertz CT molecular complexity index is 1100. The summed E-state index contributed by atoms with van der Waals surface area (Å²) in [5.41, 5.74) is 2.24. The molecule has 0 saturated heterocycles. The molecule has 8 heteroatoms. The Balaban J connectivity index is 1.52. The highest BCUT2D eigenvalue weighted by Crippen LogP contribution is 2.39. The van der Waals surface area contributed by atoms with Gasteiger partial charge in [0.25, 0.3) is 0 Å². The second-order valence-electron chi connectivity index (χ2n) is 8.44. The molecule has 7 nitrogen and oxygen atoms in total. The van der Waals surface area contributed by atoms with Crippen LogP contribution in [0.5, 0.6) is 0 Å². The molecular formula is C25H29N5O2S. The molecule has 1 aromatic carbocycles. The van der Waals surface area contributed by atoms with E-state index in [-0.39, 0.29) is 17.4 Å². The number of pyridine rings is 1. The lowest BCUT2D eigenvalue weighted by Crippen LogP contribution is -2.22. The summed E-state index contributed by atoms with van der Waals surface area (Å²) in [4.78, 5) is 28.7. The van der Waals surface area contributed by atoms with Crippen LogP contribution in [-0.2, 0) is 4.79 Å². The fourth-order valence-electron chi connectivity index (χ4n) is 4.25. The molecule has 33 heavy (non-hydrogen) atoms. The summed E-state index contributed by atoms with van der Waals surface area (Å²) < 4.78 is 2.22. The van der Waals surface area contributed by atoms with E-state index in [0.717, 1.165) is 23.0 Å². The van der Waals surface area contributed by atoms with Gasteiger partial charge in [-0.2, -0.15) is 0 Å². The van der Waals surface area contributed by atoms with Gasteiger partial charge < -0.3 is 5.32 Å². The predicted octanol–water partition coefficient (Wildman–Crippen LogP) is 5.41. The Morgan fingerprint density at radius 3 is 2.61 bits per heavy atom. The molecule has 3 aromatic rings. The number of Topliss-reactive ketones (excluding diaryl/α,β-unsaturated/α-hetero) is 1. The van der Waals surface area contributed by atoms with Crippen LogP contribution in [0.15, 0.2) is 53.9 Å². The molecule has 4 rings (SSSR count). The maximum absolute atomic E-state index is 12.9. The van der Waals surface area contributed by atoms with Crippen LogP contribution < -0.4 is 5.32 Å². The first-order chi connectivity index (χ1) is 16.1. The van der Waals surface area contributed by atoms with Crippen LogP contribution in [0.2, 0.25) is 0 Å². The quantitative estimate of drug-likeness (QED) is 0.355. The van der Waals surface area contributed by atoms with Gasteiger partial charge in [-0.15, -0.1) is 10.2 Å². The number of nitrogens with one attached hydrogen (secondary N) is 1. The molecule has 0 spiro atoms. The number of rotatable bonds is 8. The van der Waals surface area contributed by atoms with Gasteiger partial charge >= 0.3 is 0 Å². The van der Waals surface area contributed by atoms with Crippen molar-refractivity contribution >= 4 is 29.1 Å². The first-order valence-electron chi connectivity index (χ1n) is 11.5. The average molecular weight is 464 g/mol. The van der Waals surface area contributed by atoms with Crippen LogP contribution >= 0.6 is 11.8 Å². The Hall–Kier alpha value is -3.00. The van der Waals surface area contributed by atoms with Crippen molar-refractivity contribution in [2.45, 2.75) is 57.1 Å². The van der Waals surface area contributed by atoms with E-state index in [4.69, 9.17) is 0 Å². The number of ketones is 1. The zero-order chi connectivity index (χ0) is 23.2. The Morgan fingerprint density at radius 1 is 1.12 bits per heavy atom. The minimum Gasteiger partial charge on any atom is -0.326 e. The summed E-state index contributed by atoms with van der Waals surface area (Å²) in [5, 5.41) is 12.5. The number of amides is 1. The molecule has 1 saturated carbocycles. The number of nitrogens with zero attached hydrogens (tertiary/aromatic N) is 4. The second kappa shape index (κ2) is 10.7. The van der Waals surface area contributed by atoms with Gasteiger partial charge in [-0.05, 0) is 55.2 Å². The molecule has 1 aliphatic rings. The fraction of sp³-hybridized carbons (Fsp3) is 0.400. The molecule has 1 N–H and O–H groups in total. The lowest BCUT2D eigenvalue weighted by atomic mass is 9.85. The predicted molar refractivity (Wildman–Crippen MR) is 130 cm³/mol. The fourth-order valence-corrected chi connectivity index (χ4v) is 5.14. The Morgan fingerprint density at radius 2 is 1.91 bits per heavy atom. The summed E-state index contributed by atoms with van der Waals surface area (Å²) in [6, 6.07) is 11.2. The van der Waals surface area contributed by atoms with E-state index in [1.807, 2.05) is 18.3 Å². The molecule has 172 valence electrons. The molecule has 0 radical (unpaired) electrons. The molecule has 2 atom stereocenters. The van der Waals surface area contributed by atoms with E-state index in [0.29, 0.717) is 29.6 Å². The number of carbonyl (C=O) groups excluding carboxylic acids is 2. The van der Waals surface area contributed by atoms with Crippen LogP contribution in [-0.4, -0.2) is 37.2 Å². The van der Waals surface area contributed by atoms with Gasteiger partial charge in [0, 0.05) is 41.7 Å².